The summed E-state index contributed by atoms with van der Waals surface area (Å²) >= 11 is 0. The molecule has 0 aliphatic rings. The Bertz CT molecular complexity index is 3170. The molecule has 18 heteroatoms. The van der Waals surface area contributed by atoms with Crippen molar-refractivity contribution in [3.05, 3.63) is 178 Å². The lowest BCUT2D eigenvalue weighted by atomic mass is 10.0. The van der Waals surface area contributed by atoms with Crippen molar-refractivity contribution in [1.82, 2.24) is 19.4 Å². The molecule has 366 valence electrons. The zero-order valence-corrected chi connectivity index (χ0v) is 39.7. The Morgan fingerprint density at radius 3 is 1.25 bits per heavy atom. The third-order valence-electron chi connectivity index (χ3n) is 11.8. The maximum atomic E-state index is 13.8. The van der Waals surface area contributed by atoms with Gasteiger partial charge < -0.3 is 60.5 Å². The molecule has 0 aliphatic carbocycles. The maximum absolute atomic E-state index is 13.8. The van der Waals surface area contributed by atoms with E-state index < -0.39 is 23.6 Å². The first-order valence-corrected chi connectivity index (χ1v) is 22.5. The Labute approximate surface area is 412 Å². The van der Waals surface area contributed by atoms with E-state index in [4.69, 9.17) is 30.4 Å². The van der Waals surface area contributed by atoms with Gasteiger partial charge >= 0.3 is 0 Å². The first kappa shape index (κ1) is 48.9. The molecule has 0 aliphatic heterocycles. The van der Waals surface area contributed by atoms with E-state index in [9.17, 15) is 28.8 Å². The molecule has 18 nitrogen and oxygen atoms in total. The Morgan fingerprint density at radius 2 is 0.875 bits per heavy atom. The van der Waals surface area contributed by atoms with Gasteiger partial charge in [-0.3, -0.25) is 28.8 Å². The number of nitrogens with one attached hydrogen (secondary N) is 4. The van der Waals surface area contributed by atoms with Crippen LogP contribution in [0, 0.1) is 13.8 Å². The minimum absolute atomic E-state index is 0.120. The van der Waals surface area contributed by atoms with Crippen molar-refractivity contribution in [2.75, 3.05) is 62.6 Å². The maximum Gasteiger partial charge on any atom is 0.258 e. The van der Waals surface area contributed by atoms with Gasteiger partial charge in [-0.2, -0.15) is 0 Å². The molecule has 8 rings (SSSR count). The number of fused-ring (bicyclic) bond motifs is 2. The van der Waals surface area contributed by atoms with Crippen molar-refractivity contribution in [3.63, 3.8) is 0 Å². The molecule has 0 radical (unpaired) electrons. The Morgan fingerprint density at radius 1 is 0.500 bits per heavy atom. The van der Waals surface area contributed by atoms with Crippen LogP contribution in [0.3, 0.4) is 0 Å². The van der Waals surface area contributed by atoms with Gasteiger partial charge in [-0.1, -0.05) is 12.1 Å². The molecule has 0 saturated heterocycles. The van der Waals surface area contributed by atoms with Crippen LogP contribution >= 0.6 is 0 Å². The molecule has 0 fully saturated rings. The van der Waals surface area contributed by atoms with E-state index in [1.54, 1.807) is 144 Å². The van der Waals surface area contributed by atoms with Crippen molar-refractivity contribution >= 4 is 69.0 Å². The fourth-order valence-electron chi connectivity index (χ4n) is 8.10. The van der Waals surface area contributed by atoms with Crippen LogP contribution in [0.1, 0.15) is 63.9 Å². The van der Waals surface area contributed by atoms with E-state index in [1.165, 1.54) is 14.2 Å². The van der Waals surface area contributed by atoms with Crippen molar-refractivity contribution in [3.8, 4) is 23.0 Å². The van der Waals surface area contributed by atoms with Crippen LogP contribution < -0.4 is 51.7 Å². The SMILES string of the molecule is COc1cc(C(=O)c2c(C)c(NC(=O)c3ccc(OCC(=O)NCCNC(=O)COc4ccc(C(=O)Nc5c(C)c(C(=O)c6ccc(N)c(OC)c6)n6ccccc56)cc4)cc3)c3ccccn23)ccc1N. The lowest BCUT2D eigenvalue weighted by Crippen LogP contribution is -2.38. The van der Waals surface area contributed by atoms with Crippen LogP contribution in [0.5, 0.6) is 23.0 Å². The van der Waals surface area contributed by atoms with Crippen LogP contribution in [0.2, 0.25) is 0 Å². The van der Waals surface area contributed by atoms with Gasteiger partial charge in [0.2, 0.25) is 11.6 Å². The number of nitrogens with two attached hydrogens (primary N) is 2. The molecule has 8 N–H and O–H groups in total. The number of rotatable bonds is 19. The number of pyridine rings is 2. The molecule has 4 heterocycles. The number of nitrogens with zero attached hydrogens (tertiary/aromatic N) is 2. The normalized spacial score (nSPS) is 10.9. The van der Waals surface area contributed by atoms with Crippen molar-refractivity contribution < 1.29 is 47.7 Å². The second-order valence-electron chi connectivity index (χ2n) is 16.4. The number of benzene rings is 4. The molecule has 4 amide bonds. The summed E-state index contributed by atoms with van der Waals surface area (Å²) in [6, 6.07) is 32.9. The average Bonchev–Trinajstić information content (AvgIpc) is 3.84. The Kier molecular flexibility index (Phi) is 14.5. The molecule has 0 saturated carbocycles. The predicted molar refractivity (Wildman–Crippen MR) is 272 cm³/mol. The van der Waals surface area contributed by atoms with E-state index in [2.05, 4.69) is 21.3 Å². The molecule has 0 unspecified atom stereocenters. The van der Waals surface area contributed by atoms with Crippen LogP contribution in [-0.4, -0.2) is 84.5 Å². The monoisotopic (exact) mass is 970 g/mol. The number of methoxy groups -OCH3 is 2. The molecule has 8 aromatic rings. The summed E-state index contributed by atoms with van der Waals surface area (Å²) in [5, 5.41) is 11.2. The molecule has 72 heavy (non-hydrogen) atoms. The van der Waals surface area contributed by atoms with Crippen molar-refractivity contribution in [2.45, 2.75) is 13.8 Å². The summed E-state index contributed by atoms with van der Waals surface area (Å²) < 4.78 is 25.3. The number of ketones is 2. The largest absolute Gasteiger partial charge is 0.495 e. The smallest absolute Gasteiger partial charge is 0.258 e. The van der Waals surface area contributed by atoms with Gasteiger partial charge in [0, 0.05) is 58.9 Å². The zero-order valence-electron chi connectivity index (χ0n) is 39.7. The quantitative estimate of drug-likeness (QED) is 0.0283. The third-order valence-corrected chi connectivity index (χ3v) is 11.8. The molecule has 4 aromatic heterocycles. The summed E-state index contributed by atoms with van der Waals surface area (Å²) in [7, 11) is 2.95. The number of nitrogen functional groups attached to an aromatic ring is 2. The van der Waals surface area contributed by atoms with Crippen LogP contribution in [0.15, 0.2) is 134 Å². The zero-order chi connectivity index (χ0) is 51.1. The highest BCUT2D eigenvalue weighted by Gasteiger charge is 2.26. The van der Waals surface area contributed by atoms with Crippen molar-refractivity contribution in [1.29, 1.82) is 0 Å². The lowest BCUT2D eigenvalue weighted by Gasteiger charge is -2.10. The fraction of sp³-hybridized carbons (Fsp3) is 0.148. The minimum atomic E-state index is -0.432. The van der Waals surface area contributed by atoms with Gasteiger partial charge in [0.25, 0.3) is 23.6 Å². The molecule has 0 bridgehead atoms. The van der Waals surface area contributed by atoms with E-state index in [0.29, 0.717) is 102 Å². The number of amides is 4. The first-order chi connectivity index (χ1) is 34.8. The highest BCUT2D eigenvalue weighted by atomic mass is 16.5. The highest BCUT2D eigenvalue weighted by Crippen LogP contribution is 2.34. The van der Waals surface area contributed by atoms with Gasteiger partial charge in [0.05, 0.1) is 59.4 Å². The van der Waals surface area contributed by atoms with Gasteiger partial charge in [-0.05, 0) is 123 Å². The molecular formula is C54H50N8O10. The second-order valence-corrected chi connectivity index (χ2v) is 16.4. The van der Waals surface area contributed by atoms with Crippen LogP contribution in [0.4, 0.5) is 22.7 Å². The van der Waals surface area contributed by atoms with Gasteiger partial charge in [-0.15, -0.1) is 0 Å². The Hall–Kier alpha value is -9.58. The van der Waals surface area contributed by atoms with E-state index in [-0.39, 0.29) is 37.9 Å². The van der Waals surface area contributed by atoms with Crippen molar-refractivity contribution in [2.24, 2.45) is 0 Å². The second kappa shape index (κ2) is 21.4. The van der Waals surface area contributed by atoms with Gasteiger partial charge in [0.1, 0.15) is 23.0 Å². The van der Waals surface area contributed by atoms with Crippen LogP contribution in [-0.2, 0) is 9.59 Å². The number of hydrogen-bond donors (Lipinski definition) is 6. The number of carbonyl (C=O) groups excluding carboxylic acids is 6. The number of carbonyl (C=O) groups is 6. The molecule has 4 aromatic carbocycles. The number of ether oxygens (including phenoxy) is 4. The Balaban J connectivity index is 0.767. The van der Waals surface area contributed by atoms with E-state index in [1.807, 2.05) is 12.1 Å². The lowest BCUT2D eigenvalue weighted by molar-refractivity contribution is -0.124. The van der Waals surface area contributed by atoms with Gasteiger partial charge in [0.15, 0.2) is 13.2 Å². The number of aromatic nitrogens is 2. The fourth-order valence-corrected chi connectivity index (χ4v) is 8.10. The molecule has 0 spiro atoms. The average molecular weight is 971 g/mol. The summed E-state index contributed by atoms with van der Waals surface area (Å²) in [6.07, 6.45) is 3.50. The number of hydrogen-bond acceptors (Lipinski definition) is 12. The van der Waals surface area contributed by atoms with Crippen LogP contribution in [0.25, 0.3) is 11.0 Å². The predicted octanol–water partition coefficient (Wildman–Crippen LogP) is 6.65. The summed E-state index contributed by atoms with van der Waals surface area (Å²) in [5.41, 5.74) is 18.2. The molecular weight excluding hydrogens is 921 g/mol. The highest BCUT2D eigenvalue weighted by molar-refractivity contribution is 6.15. The summed E-state index contributed by atoms with van der Waals surface area (Å²) in [4.78, 5) is 79.5. The number of anilines is 4. The summed E-state index contributed by atoms with van der Waals surface area (Å²) in [6.45, 7) is 3.14. The summed E-state index contributed by atoms with van der Waals surface area (Å²) in [5.74, 6) is -0.790. The molecule has 0 atom stereocenters. The first-order valence-electron chi connectivity index (χ1n) is 22.5. The van der Waals surface area contributed by atoms with E-state index >= 15 is 0 Å². The topological polar surface area (TPSA) is 248 Å². The third kappa shape index (κ3) is 10.4. The standard InChI is InChI=1S/C54H50N8O10/c1-31-47(41-9-5-7-25-61(41)49(31)51(65)35-15-21-39(55)43(27-35)69-3)59-53(67)33-11-17-37(18-12-33)71-29-45(63)57-23-24-58-46(64)30-72-38-19-13-34(14-20-38)54(68)60-48-32(2)50(62-26-8-6-10-42(48)62)52(66)36-16-22-40(56)44(28-36)70-4/h5-22,25-28H,23-24,29-30,55-56H2,1-4H3,(H,57,63)(H,58,64)(H,59,67)(H,60,68). The van der Waals surface area contributed by atoms with E-state index in [0.717, 1.165) is 0 Å². The minimum Gasteiger partial charge on any atom is -0.495 e. The van der Waals surface area contributed by atoms with Gasteiger partial charge in [-0.25, -0.2) is 0 Å².